The zero-order chi connectivity index (χ0) is 8.43. The molecule has 1 aliphatic rings. The molecule has 0 aromatic carbocycles. The molecular formula is C7H9NO3. The van der Waals surface area contributed by atoms with Gasteiger partial charge in [0.2, 0.25) is 0 Å². The van der Waals surface area contributed by atoms with Crippen LogP contribution in [0.3, 0.4) is 0 Å². The zero-order valence-electron chi connectivity index (χ0n) is 6.18. The van der Waals surface area contributed by atoms with E-state index in [1.54, 1.807) is 6.92 Å². The van der Waals surface area contributed by atoms with Crippen molar-refractivity contribution < 1.29 is 14.7 Å². The topological polar surface area (TPSA) is 66.4 Å². The molecule has 11 heavy (non-hydrogen) atoms. The number of rotatable bonds is 2. The highest BCUT2D eigenvalue weighted by atomic mass is 16.3. The molecule has 1 aliphatic heterocycles. The van der Waals surface area contributed by atoms with Crippen LogP contribution in [-0.2, 0) is 9.59 Å². The Morgan fingerprint density at radius 3 is 2.18 bits per heavy atom. The first-order valence-corrected chi connectivity index (χ1v) is 3.39. The van der Waals surface area contributed by atoms with Gasteiger partial charge in [0.1, 0.15) is 0 Å². The lowest BCUT2D eigenvalue weighted by molar-refractivity contribution is -0.124. The van der Waals surface area contributed by atoms with Gasteiger partial charge in [0.25, 0.3) is 11.8 Å². The molecule has 0 radical (unpaired) electrons. The van der Waals surface area contributed by atoms with Gasteiger partial charge in [-0.2, -0.15) is 0 Å². The van der Waals surface area contributed by atoms with Gasteiger partial charge in [-0.3, -0.25) is 14.9 Å². The molecule has 0 saturated carbocycles. The lowest BCUT2D eigenvalue weighted by Crippen LogP contribution is -2.23. The molecule has 1 heterocycles. The van der Waals surface area contributed by atoms with E-state index in [0.717, 1.165) is 0 Å². The van der Waals surface area contributed by atoms with Crippen LogP contribution in [0.2, 0.25) is 0 Å². The molecule has 0 spiro atoms. The average Bonchev–Trinajstić information content (AvgIpc) is 2.24. The molecule has 2 amide bonds. The summed E-state index contributed by atoms with van der Waals surface area (Å²) in [6, 6.07) is 0. The monoisotopic (exact) mass is 155 g/mol. The van der Waals surface area contributed by atoms with Gasteiger partial charge in [0.15, 0.2) is 0 Å². The van der Waals surface area contributed by atoms with E-state index in [4.69, 9.17) is 5.11 Å². The van der Waals surface area contributed by atoms with Crippen LogP contribution in [0.15, 0.2) is 11.1 Å². The second kappa shape index (κ2) is 2.84. The van der Waals surface area contributed by atoms with Gasteiger partial charge in [-0.15, -0.1) is 0 Å². The third-order valence-corrected chi connectivity index (χ3v) is 1.65. The van der Waals surface area contributed by atoms with Crippen LogP contribution in [0.25, 0.3) is 0 Å². The molecule has 0 fully saturated rings. The third kappa shape index (κ3) is 1.17. The van der Waals surface area contributed by atoms with Crippen molar-refractivity contribution in [2.45, 2.75) is 13.3 Å². The molecule has 0 unspecified atom stereocenters. The van der Waals surface area contributed by atoms with Gasteiger partial charge in [-0.05, 0) is 6.42 Å². The smallest absolute Gasteiger partial charge is 0.256 e. The number of hydrogen-bond acceptors (Lipinski definition) is 3. The average molecular weight is 155 g/mol. The van der Waals surface area contributed by atoms with E-state index in [1.807, 2.05) is 0 Å². The number of aliphatic hydroxyl groups is 1. The van der Waals surface area contributed by atoms with Gasteiger partial charge in [-0.1, -0.05) is 6.92 Å². The first-order valence-electron chi connectivity index (χ1n) is 3.39. The maximum atomic E-state index is 10.9. The van der Waals surface area contributed by atoms with Crippen molar-refractivity contribution in [3.8, 4) is 0 Å². The standard InChI is InChI=1S/C7H9NO3/c1-2-4-5(3-9)7(11)8-6(4)10/h9H,2-3H2,1H3,(H,8,10,11). The lowest BCUT2D eigenvalue weighted by Gasteiger charge is -1.93. The summed E-state index contributed by atoms with van der Waals surface area (Å²) in [6.07, 6.45) is 0.480. The predicted molar refractivity (Wildman–Crippen MR) is 37.6 cm³/mol. The predicted octanol–water partition coefficient (Wildman–Crippen LogP) is -0.658. The number of hydrogen-bond donors (Lipinski definition) is 2. The summed E-state index contributed by atoms with van der Waals surface area (Å²) in [7, 11) is 0. The van der Waals surface area contributed by atoms with Crippen LogP contribution < -0.4 is 5.32 Å². The third-order valence-electron chi connectivity index (χ3n) is 1.65. The van der Waals surface area contributed by atoms with Crippen LogP contribution >= 0.6 is 0 Å². The Labute approximate surface area is 63.9 Å². The molecule has 0 atom stereocenters. The van der Waals surface area contributed by atoms with Crippen molar-refractivity contribution in [1.82, 2.24) is 5.32 Å². The Morgan fingerprint density at radius 2 is 1.82 bits per heavy atom. The Kier molecular flexibility index (Phi) is 2.05. The highest BCUT2D eigenvalue weighted by Crippen LogP contribution is 2.14. The van der Waals surface area contributed by atoms with Gasteiger partial charge in [-0.25, -0.2) is 0 Å². The van der Waals surface area contributed by atoms with Crippen LogP contribution in [0, 0.1) is 0 Å². The Hall–Kier alpha value is -1.16. The van der Waals surface area contributed by atoms with E-state index >= 15 is 0 Å². The van der Waals surface area contributed by atoms with Gasteiger partial charge in [0, 0.05) is 5.57 Å². The lowest BCUT2D eigenvalue weighted by atomic mass is 10.1. The zero-order valence-corrected chi connectivity index (χ0v) is 6.18. The summed E-state index contributed by atoms with van der Waals surface area (Å²) in [5.41, 5.74) is 0.606. The number of carbonyl (C=O) groups is 2. The molecule has 2 N–H and O–H groups in total. The van der Waals surface area contributed by atoms with Crippen LogP contribution in [-0.4, -0.2) is 23.5 Å². The summed E-state index contributed by atoms with van der Waals surface area (Å²) < 4.78 is 0. The minimum Gasteiger partial charge on any atom is -0.391 e. The van der Waals surface area contributed by atoms with Gasteiger partial charge in [0.05, 0.1) is 12.2 Å². The summed E-state index contributed by atoms with van der Waals surface area (Å²) in [6.45, 7) is 1.41. The summed E-state index contributed by atoms with van der Waals surface area (Å²) in [4.78, 5) is 21.7. The van der Waals surface area contributed by atoms with Crippen LogP contribution in [0.1, 0.15) is 13.3 Å². The summed E-state index contributed by atoms with van der Waals surface area (Å²) >= 11 is 0. The molecular weight excluding hydrogens is 146 g/mol. The van der Waals surface area contributed by atoms with Gasteiger partial charge < -0.3 is 5.11 Å². The van der Waals surface area contributed by atoms with Gasteiger partial charge >= 0.3 is 0 Å². The number of nitrogens with one attached hydrogen (secondary N) is 1. The van der Waals surface area contributed by atoms with E-state index in [2.05, 4.69) is 5.32 Å². The fourth-order valence-corrected chi connectivity index (χ4v) is 1.07. The number of aliphatic hydroxyl groups excluding tert-OH is 1. The van der Waals surface area contributed by atoms with Crippen molar-refractivity contribution in [2.24, 2.45) is 0 Å². The second-order valence-corrected chi connectivity index (χ2v) is 2.25. The maximum Gasteiger partial charge on any atom is 0.256 e. The van der Waals surface area contributed by atoms with E-state index in [9.17, 15) is 9.59 Å². The molecule has 0 aliphatic carbocycles. The number of imide groups is 1. The van der Waals surface area contributed by atoms with E-state index in [0.29, 0.717) is 12.0 Å². The quantitative estimate of drug-likeness (QED) is 0.520. The highest BCUT2D eigenvalue weighted by Gasteiger charge is 2.27. The fourth-order valence-electron chi connectivity index (χ4n) is 1.07. The molecule has 1 rings (SSSR count). The van der Waals surface area contributed by atoms with E-state index < -0.39 is 5.91 Å². The van der Waals surface area contributed by atoms with Crippen molar-refractivity contribution in [3.05, 3.63) is 11.1 Å². The molecule has 4 nitrogen and oxygen atoms in total. The Balaban J connectivity index is 3.02. The molecule has 0 aromatic heterocycles. The minimum atomic E-state index is -0.464. The van der Waals surface area contributed by atoms with E-state index in [1.165, 1.54) is 0 Å². The Bertz CT molecular complexity index is 218. The maximum absolute atomic E-state index is 10.9. The normalized spacial score (nSPS) is 17.6. The second-order valence-electron chi connectivity index (χ2n) is 2.25. The first-order chi connectivity index (χ1) is 5.20. The molecule has 60 valence electrons. The molecule has 4 heteroatoms. The van der Waals surface area contributed by atoms with Crippen LogP contribution in [0.4, 0.5) is 0 Å². The van der Waals surface area contributed by atoms with Crippen molar-refractivity contribution >= 4 is 11.8 Å². The largest absolute Gasteiger partial charge is 0.391 e. The number of carbonyl (C=O) groups excluding carboxylic acids is 2. The van der Waals surface area contributed by atoms with E-state index in [-0.39, 0.29) is 18.1 Å². The summed E-state index contributed by atoms with van der Waals surface area (Å²) in [5.74, 6) is -0.837. The minimum absolute atomic E-state index is 0.206. The SMILES string of the molecule is CCC1=C(CO)C(=O)NC1=O. The molecule has 0 saturated heterocycles. The van der Waals surface area contributed by atoms with Crippen LogP contribution in [0.5, 0.6) is 0 Å². The Morgan fingerprint density at radius 1 is 1.27 bits per heavy atom. The molecule has 0 aromatic rings. The van der Waals surface area contributed by atoms with Crippen molar-refractivity contribution in [2.75, 3.05) is 6.61 Å². The fraction of sp³-hybridized carbons (Fsp3) is 0.429. The first kappa shape index (κ1) is 7.94. The van der Waals surface area contributed by atoms with Crippen molar-refractivity contribution in [3.63, 3.8) is 0 Å². The summed E-state index contributed by atoms with van der Waals surface area (Å²) in [5, 5.41) is 10.8. The molecule has 0 bridgehead atoms. The highest BCUT2D eigenvalue weighted by molar-refractivity contribution is 6.19. The number of amides is 2. The van der Waals surface area contributed by atoms with Crippen molar-refractivity contribution in [1.29, 1.82) is 0 Å².